The van der Waals surface area contributed by atoms with Crippen LogP contribution in [0.4, 0.5) is 0 Å². The third-order valence-electron chi connectivity index (χ3n) is 1.17. The normalized spacial score (nSPS) is 9.83. The number of aryl methyl sites for hydroxylation is 2. The maximum absolute atomic E-state index is 5.30. The smallest absolute Gasteiger partial charge is 0.281 e. The van der Waals surface area contributed by atoms with Crippen LogP contribution in [0.5, 0.6) is 0 Å². The van der Waals surface area contributed by atoms with E-state index in [4.69, 9.17) is 11.1 Å². The molecule has 4 N–H and O–H groups in total. The lowest BCUT2D eigenvalue weighted by Crippen LogP contribution is -2.43. The molecule has 5 heteroatoms. The summed E-state index contributed by atoms with van der Waals surface area (Å²) in [5.41, 5.74) is 7.15. The fourth-order valence-electron chi connectivity index (χ4n) is 0.845. The lowest BCUT2D eigenvalue weighted by molar-refractivity contribution is -0.110. The fraction of sp³-hybridized carbons (Fsp3) is 0.286. The van der Waals surface area contributed by atoms with Crippen LogP contribution >= 0.6 is 11.8 Å². The highest BCUT2D eigenvalue weighted by atomic mass is 32.2. The molecule has 0 amide bonds. The first kappa shape index (κ1) is 8.99. The van der Waals surface area contributed by atoms with Gasteiger partial charge in [0.2, 0.25) is 0 Å². The highest BCUT2D eigenvalue weighted by Crippen LogP contribution is 2.11. The van der Waals surface area contributed by atoms with Gasteiger partial charge in [0.1, 0.15) is 0 Å². The van der Waals surface area contributed by atoms with Crippen LogP contribution in [-0.4, -0.2) is 15.1 Å². The van der Waals surface area contributed by atoms with Gasteiger partial charge in [-0.1, -0.05) is 0 Å². The van der Waals surface area contributed by atoms with Gasteiger partial charge in [0, 0.05) is 23.1 Å². The van der Waals surface area contributed by atoms with Gasteiger partial charge in [0.05, 0.1) is 0 Å². The van der Waals surface area contributed by atoms with E-state index < -0.39 is 0 Å². The average molecular weight is 183 g/mol. The molecule has 0 saturated carbocycles. The van der Waals surface area contributed by atoms with Crippen LogP contribution in [0.3, 0.4) is 0 Å². The predicted molar refractivity (Wildman–Crippen MR) is 48.5 cm³/mol. The topological polar surface area (TPSA) is 77.4 Å². The predicted octanol–water partition coefficient (Wildman–Crippen LogP) is -0.741. The second kappa shape index (κ2) is 3.53. The standard InChI is InChI=1S/C7H10N4S/c1-4-3-5(2)11-7(10-4)12-6(8)9/h3H,1-2H3,(H3,8,9)/p+1. The van der Waals surface area contributed by atoms with Crippen molar-refractivity contribution in [2.75, 3.05) is 0 Å². The molecule has 0 unspecified atom stereocenters. The molecule has 0 saturated heterocycles. The number of nitrogens with zero attached hydrogens (tertiary/aromatic N) is 2. The number of nitrogens with two attached hydrogens (primary N) is 2. The molecule has 0 aliphatic carbocycles. The Kier molecular flexibility index (Phi) is 2.65. The van der Waals surface area contributed by atoms with Crippen molar-refractivity contribution in [2.45, 2.75) is 19.0 Å². The summed E-state index contributed by atoms with van der Waals surface area (Å²) < 4.78 is 0. The van der Waals surface area contributed by atoms with E-state index in [2.05, 4.69) is 9.97 Å². The van der Waals surface area contributed by atoms with Gasteiger partial charge in [-0.25, -0.2) is 9.97 Å². The van der Waals surface area contributed by atoms with Crippen molar-refractivity contribution in [3.63, 3.8) is 0 Å². The van der Waals surface area contributed by atoms with Crippen LogP contribution in [0.15, 0.2) is 11.2 Å². The Labute approximate surface area is 75.1 Å². The Hall–Kier alpha value is -1.10. The molecule has 1 heterocycles. The molecular weight excluding hydrogens is 172 g/mol. The van der Waals surface area contributed by atoms with Crippen LogP contribution in [0.2, 0.25) is 0 Å². The first-order chi connectivity index (χ1) is 5.58. The maximum atomic E-state index is 5.30. The highest BCUT2D eigenvalue weighted by molar-refractivity contribution is 8.13. The Morgan fingerprint density at radius 2 is 1.92 bits per heavy atom. The van der Waals surface area contributed by atoms with E-state index in [1.54, 1.807) is 0 Å². The Bertz CT molecular complexity index is 290. The van der Waals surface area contributed by atoms with Crippen molar-refractivity contribution in [1.29, 1.82) is 0 Å². The monoisotopic (exact) mass is 183 g/mol. The molecule has 12 heavy (non-hydrogen) atoms. The molecule has 0 atom stereocenters. The van der Waals surface area contributed by atoms with Gasteiger partial charge in [0.25, 0.3) is 0 Å². The summed E-state index contributed by atoms with van der Waals surface area (Å²) in [7, 11) is 0. The molecule has 1 aromatic rings. The number of thioether (sulfide) groups is 1. The average Bonchev–Trinajstić information content (AvgIpc) is 1.81. The molecule has 0 spiro atoms. The molecule has 0 fully saturated rings. The van der Waals surface area contributed by atoms with Crippen LogP contribution < -0.4 is 11.1 Å². The summed E-state index contributed by atoms with van der Waals surface area (Å²) in [6.07, 6.45) is 0. The van der Waals surface area contributed by atoms with Crippen molar-refractivity contribution in [3.05, 3.63) is 17.5 Å². The molecule has 0 aromatic carbocycles. The maximum Gasteiger partial charge on any atom is 0.307 e. The van der Waals surface area contributed by atoms with Gasteiger partial charge in [-0.15, -0.1) is 0 Å². The van der Waals surface area contributed by atoms with E-state index >= 15 is 0 Å². The number of hydrogen-bond acceptors (Lipinski definition) is 3. The van der Waals surface area contributed by atoms with Gasteiger partial charge in [0.15, 0.2) is 5.16 Å². The molecule has 4 nitrogen and oxygen atoms in total. The molecular formula is C7H11N4S+. The summed E-state index contributed by atoms with van der Waals surface area (Å²) in [6, 6.07) is 1.90. The Balaban J connectivity index is 2.93. The van der Waals surface area contributed by atoms with E-state index in [1.165, 1.54) is 11.8 Å². The number of amidine groups is 1. The summed E-state index contributed by atoms with van der Waals surface area (Å²) in [5.74, 6) is 0. The molecule has 1 aromatic heterocycles. The van der Waals surface area contributed by atoms with Gasteiger partial charge in [-0.2, -0.15) is 0 Å². The number of rotatable bonds is 1. The van der Waals surface area contributed by atoms with Gasteiger partial charge in [-0.3, -0.25) is 11.1 Å². The van der Waals surface area contributed by atoms with E-state index in [0.29, 0.717) is 5.16 Å². The second-order valence-electron chi connectivity index (χ2n) is 2.44. The molecule has 1 rings (SSSR count). The van der Waals surface area contributed by atoms with Crippen LogP contribution in [-0.2, 0) is 0 Å². The minimum absolute atomic E-state index is 0.264. The third-order valence-corrected chi connectivity index (χ3v) is 1.77. The highest BCUT2D eigenvalue weighted by Gasteiger charge is 2.04. The van der Waals surface area contributed by atoms with E-state index in [1.807, 2.05) is 19.9 Å². The fourth-order valence-corrected chi connectivity index (χ4v) is 1.43. The largest absolute Gasteiger partial charge is 0.307 e. The zero-order valence-electron chi connectivity index (χ0n) is 7.03. The first-order valence-electron chi connectivity index (χ1n) is 3.46. The van der Waals surface area contributed by atoms with Gasteiger partial charge >= 0.3 is 5.17 Å². The zero-order valence-corrected chi connectivity index (χ0v) is 7.85. The van der Waals surface area contributed by atoms with Crippen molar-refractivity contribution in [2.24, 2.45) is 5.73 Å². The van der Waals surface area contributed by atoms with Crippen LogP contribution in [0, 0.1) is 13.8 Å². The lowest BCUT2D eigenvalue weighted by atomic mass is 10.4. The van der Waals surface area contributed by atoms with Crippen LogP contribution in [0.25, 0.3) is 0 Å². The number of hydrogen-bond donors (Lipinski definition) is 2. The minimum Gasteiger partial charge on any atom is -0.281 e. The van der Waals surface area contributed by atoms with Gasteiger partial charge in [-0.05, 0) is 19.9 Å². The molecule has 0 aliphatic heterocycles. The second-order valence-corrected chi connectivity index (χ2v) is 3.48. The summed E-state index contributed by atoms with van der Waals surface area (Å²) in [4.78, 5) is 8.29. The van der Waals surface area contributed by atoms with Gasteiger partial charge < -0.3 is 0 Å². The SMILES string of the molecule is Cc1cc(C)nc(SC(N)=[NH2+])n1. The third kappa shape index (κ3) is 2.50. The Morgan fingerprint density at radius 3 is 2.33 bits per heavy atom. The first-order valence-corrected chi connectivity index (χ1v) is 4.27. The molecule has 0 radical (unpaired) electrons. The minimum atomic E-state index is 0.264. The molecule has 0 bridgehead atoms. The van der Waals surface area contributed by atoms with Crippen molar-refractivity contribution >= 4 is 16.9 Å². The quantitative estimate of drug-likeness (QED) is 0.260. The van der Waals surface area contributed by atoms with Crippen molar-refractivity contribution in [1.82, 2.24) is 9.97 Å². The summed E-state index contributed by atoms with van der Waals surface area (Å²) in [5, 5.41) is 6.17. The molecule has 0 aliphatic rings. The van der Waals surface area contributed by atoms with Crippen LogP contribution in [0.1, 0.15) is 11.4 Å². The van der Waals surface area contributed by atoms with Crippen molar-refractivity contribution in [3.8, 4) is 0 Å². The molecule has 64 valence electrons. The van der Waals surface area contributed by atoms with E-state index in [9.17, 15) is 0 Å². The number of aromatic nitrogens is 2. The van der Waals surface area contributed by atoms with E-state index in [-0.39, 0.29) is 5.17 Å². The lowest BCUT2D eigenvalue weighted by Gasteiger charge is -1.98. The summed E-state index contributed by atoms with van der Waals surface area (Å²) >= 11 is 1.18. The van der Waals surface area contributed by atoms with E-state index in [0.717, 1.165) is 11.4 Å². The Morgan fingerprint density at radius 1 is 1.42 bits per heavy atom. The zero-order chi connectivity index (χ0) is 9.14. The van der Waals surface area contributed by atoms with Crippen molar-refractivity contribution < 1.29 is 5.41 Å². The summed E-state index contributed by atoms with van der Waals surface area (Å²) in [6.45, 7) is 3.82.